The summed E-state index contributed by atoms with van der Waals surface area (Å²) in [5, 5.41) is 4.65. The molecule has 0 radical (unpaired) electrons. The Morgan fingerprint density at radius 2 is 1.93 bits per heavy atom. The van der Waals surface area contributed by atoms with Gasteiger partial charge in [0.2, 0.25) is 0 Å². The van der Waals surface area contributed by atoms with E-state index < -0.39 is 17.5 Å². The third-order valence-corrected chi connectivity index (χ3v) is 4.21. The second-order valence-electron chi connectivity index (χ2n) is 5.97. The molecule has 0 atom stereocenters. The summed E-state index contributed by atoms with van der Waals surface area (Å²) in [5.41, 5.74) is 7.06. The number of hydrogen-bond acceptors (Lipinski definition) is 3. The predicted molar refractivity (Wildman–Crippen MR) is 104 cm³/mol. The molecule has 9 heteroatoms. The average molecular weight is 428 g/mol. The van der Waals surface area contributed by atoms with Gasteiger partial charge >= 0.3 is 0 Å². The van der Waals surface area contributed by atoms with Gasteiger partial charge in [-0.1, -0.05) is 11.6 Å². The molecular weight excluding hydrogens is 411 g/mol. The number of rotatable bonds is 6. The third-order valence-electron chi connectivity index (χ3n) is 3.97. The van der Waals surface area contributed by atoms with Crippen LogP contribution in [0, 0.1) is 18.6 Å². The smallest absolute Gasteiger partial charge is 0.269 e. The van der Waals surface area contributed by atoms with Crippen molar-refractivity contribution in [3.05, 3.63) is 81.6 Å². The van der Waals surface area contributed by atoms with E-state index in [1.54, 1.807) is 35.9 Å². The highest BCUT2D eigenvalue weighted by molar-refractivity contribution is 6.30. The standard InChI is InChI=1S/C19H16ClF2N3O2.ClH/c1-11-6-17(19(23)26)24-25(11)9-13-7-14(20)3-5-18(13)27-10-12-2-4-15(21)8-16(12)22;/h2-8H,9-10H2,1H3,(H2,23,26);1H. The molecule has 148 valence electrons. The van der Waals surface area contributed by atoms with Crippen LogP contribution in [0.5, 0.6) is 5.75 Å². The fraction of sp³-hybridized carbons (Fsp3) is 0.158. The number of nitrogens with zero attached hydrogens (tertiary/aromatic N) is 2. The molecule has 0 fully saturated rings. The van der Waals surface area contributed by atoms with Gasteiger partial charge in [0.15, 0.2) is 0 Å². The van der Waals surface area contributed by atoms with Crippen LogP contribution in [0.2, 0.25) is 5.02 Å². The van der Waals surface area contributed by atoms with Crippen molar-refractivity contribution in [2.24, 2.45) is 5.73 Å². The molecule has 0 aliphatic heterocycles. The normalized spacial score (nSPS) is 10.4. The first-order valence-electron chi connectivity index (χ1n) is 8.03. The summed E-state index contributed by atoms with van der Waals surface area (Å²) in [6.45, 7) is 1.99. The summed E-state index contributed by atoms with van der Waals surface area (Å²) in [7, 11) is 0. The van der Waals surface area contributed by atoms with Crippen LogP contribution < -0.4 is 10.5 Å². The van der Waals surface area contributed by atoms with Crippen molar-refractivity contribution < 1.29 is 18.3 Å². The third kappa shape index (κ3) is 4.99. The van der Waals surface area contributed by atoms with Crippen molar-refractivity contribution >= 4 is 29.9 Å². The average Bonchev–Trinajstić information content (AvgIpc) is 2.97. The maximum absolute atomic E-state index is 13.8. The predicted octanol–water partition coefficient (Wildman–Crippen LogP) is 4.27. The van der Waals surface area contributed by atoms with E-state index in [4.69, 9.17) is 22.1 Å². The van der Waals surface area contributed by atoms with E-state index in [9.17, 15) is 13.6 Å². The number of aryl methyl sites for hydroxylation is 1. The fourth-order valence-electron chi connectivity index (χ4n) is 2.56. The Morgan fingerprint density at radius 1 is 1.18 bits per heavy atom. The van der Waals surface area contributed by atoms with Crippen LogP contribution in [0.25, 0.3) is 0 Å². The largest absolute Gasteiger partial charge is 0.488 e. The number of primary amides is 1. The van der Waals surface area contributed by atoms with E-state index in [0.29, 0.717) is 16.3 Å². The second kappa shape index (κ2) is 9.03. The zero-order valence-electron chi connectivity index (χ0n) is 14.8. The molecule has 0 unspecified atom stereocenters. The fourth-order valence-corrected chi connectivity index (χ4v) is 2.75. The molecule has 2 aromatic carbocycles. The van der Waals surface area contributed by atoms with Crippen molar-refractivity contribution in [1.82, 2.24) is 9.78 Å². The first-order valence-corrected chi connectivity index (χ1v) is 8.40. The Kier molecular flexibility index (Phi) is 6.99. The Labute approximate surface area is 171 Å². The summed E-state index contributed by atoms with van der Waals surface area (Å²) >= 11 is 6.08. The summed E-state index contributed by atoms with van der Waals surface area (Å²) in [6, 6.07) is 9.89. The Bertz CT molecular complexity index is 1010. The number of carbonyl (C=O) groups excluding carboxylic acids is 1. The molecule has 0 aliphatic carbocycles. The van der Waals surface area contributed by atoms with Gasteiger partial charge in [-0.15, -0.1) is 12.4 Å². The molecule has 1 aromatic heterocycles. The second-order valence-corrected chi connectivity index (χ2v) is 6.41. The molecule has 0 bridgehead atoms. The van der Waals surface area contributed by atoms with Crippen molar-refractivity contribution in [3.63, 3.8) is 0 Å². The molecule has 0 saturated heterocycles. The van der Waals surface area contributed by atoms with Crippen molar-refractivity contribution in [1.29, 1.82) is 0 Å². The number of nitrogens with two attached hydrogens (primary N) is 1. The lowest BCUT2D eigenvalue weighted by molar-refractivity contribution is 0.0995. The number of benzene rings is 2. The molecule has 1 amide bonds. The van der Waals surface area contributed by atoms with Gasteiger partial charge < -0.3 is 10.5 Å². The van der Waals surface area contributed by atoms with Crippen LogP contribution in [0.15, 0.2) is 42.5 Å². The van der Waals surface area contributed by atoms with Crippen molar-refractivity contribution in [2.45, 2.75) is 20.1 Å². The van der Waals surface area contributed by atoms with Crippen LogP contribution in [0.4, 0.5) is 8.78 Å². The molecular formula is C19H17Cl2F2N3O2. The highest BCUT2D eigenvalue weighted by atomic mass is 35.5. The summed E-state index contributed by atoms with van der Waals surface area (Å²) in [5.74, 6) is -1.48. The van der Waals surface area contributed by atoms with Gasteiger partial charge in [-0.3, -0.25) is 9.48 Å². The zero-order valence-corrected chi connectivity index (χ0v) is 16.4. The van der Waals surface area contributed by atoms with E-state index in [2.05, 4.69) is 5.10 Å². The molecule has 1 heterocycles. The topological polar surface area (TPSA) is 70.1 Å². The molecule has 3 aromatic rings. The number of halogens is 4. The highest BCUT2D eigenvalue weighted by Gasteiger charge is 2.13. The quantitative estimate of drug-likeness (QED) is 0.638. The molecule has 0 aliphatic rings. The maximum Gasteiger partial charge on any atom is 0.269 e. The van der Waals surface area contributed by atoms with Gasteiger partial charge in [0.1, 0.15) is 29.7 Å². The van der Waals surface area contributed by atoms with Crippen LogP contribution in [0.3, 0.4) is 0 Å². The van der Waals surface area contributed by atoms with Gasteiger partial charge in [0, 0.05) is 27.9 Å². The van der Waals surface area contributed by atoms with E-state index in [1.165, 1.54) is 12.1 Å². The van der Waals surface area contributed by atoms with E-state index in [-0.39, 0.29) is 36.8 Å². The molecule has 28 heavy (non-hydrogen) atoms. The molecule has 0 spiro atoms. The zero-order chi connectivity index (χ0) is 19.6. The lowest BCUT2D eigenvalue weighted by atomic mass is 10.2. The van der Waals surface area contributed by atoms with Gasteiger partial charge in [-0.05, 0) is 43.3 Å². The minimum atomic E-state index is -0.681. The van der Waals surface area contributed by atoms with E-state index >= 15 is 0 Å². The number of carbonyl (C=O) groups is 1. The Balaban J connectivity index is 0.00000280. The van der Waals surface area contributed by atoms with Crippen LogP contribution in [-0.4, -0.2) is 15.7 Å². The lowest BCUT2D eigenvalue weighted by Crippen LogP contribution is -2.13. The molecule has 2 N–H and O–H groups in total. The van der Waals surface area contributed by atoms with E-state index in [0.717, 1.165) is 11.8 Å². The van der Waals surface area contributed by atoms with Crippen LogP contribution in [0.1, 0.15) is 27.3 Å². The minimum absolute atomic E-state index is 0. The number of ether oxygens (including phenoxy) is 1. The minimum Gasteiger partial charge on any atom is -0.488 e. The number of amides is 1. The number of hydrogen-bond donors (Lipinski definition) is 1. The monoisotopic (exact) mass is 427 g/mol. The Hall–Kier alpha value is -2.64. The lowest BCUT2D eigenvalue weighted by Gasteiger charge is -2.13. The number of aromatic nitrogens is 2. The maximum atomic E-state index is 13.8. The molecule has 0 saturated carbocycles. The van der Waals surface area contributed by atoms with Crippen LogP contribution >= 0.6 is 24.0 Å². The van der Waals surface area contributed by atoms with Gasteiger partial charge in [-0.2, -0.15) is 5.10 Å². The summed E-state index contributed by atoms with van der Waals surface area (Å²) in [4.78, 5) is 11.3. The molecule has 5 nitrogen and oxygen atoms in total. The van der Waals surface area contributed by atoms with Crippen molar-refractivity contribution in [3.8, 4) is 5.75 Å². The SMILES string of the molecule is Cc1cc(C(N)=O)nn1Cc1cc(Cl)ccc1OCc1ccc(F)cc1F.Cl. The van der Waals surface area contributed by atoms with E-state index in [1.807, 2.05) is 0 Å². The first-order chi connectivity index (χ1) is 12.8. The highest BCUT2D eigenvalue weighted by Crippen LogP contribution is 2.25. The van der Waals surface area contributed by atoms with Crippen molar-refractivity contribution in [2.75, 3.05) is 0 Å². The van der Waals surface area contributed by atoms with Gasteiger partial charge in [0.25, 0.3) is 5.91 Å². The summed E-state index contributed by atoms with van der Waals surface area (Å²) < 4.78 is 34.1. The van der Waals surface area contributed by atoms with Gasteiger partial charge in [0.05, 0.1) is 6.54 Å². The Morgan fingerprint density at radius 3 is 2.57 bits per heavy atom. The first kappa shape index (κ1) is 21.7. The van der Waals surface area contributed by atoms with Crippen LogP contribution in [-0.2, 0) is 13.2 Å². The summed E-state index contributed by atoms with van der Waals surface area (Å²) in [6.07, 6.45) is 0. The van der Waals surface area contributed by atoms with Gasteiger partial charge in [-0.25, -0.2) is 8.78 Å². The molecule has 3 rings (SSSR count).